The number of carbonyl (C=O) groups is 1. The van der Waals surface area contributed by atoms with Gasteiger partial charge in [0.1, 0.15) is 17.0 Å². The lowest BCUT2D eigenvalue weighted by molar-refractivity contribution is 0.0599. The topological polar surface area (TPSA) is 65.2 Å². The second-order valence-corrected chi connectivity index (χ2v) is 4.36. The molecule has 0 saturated heterocycles. The van der Waals surface area contributed by atoms with Gasteiger partial charge in [0.2, 0.25) is 0 Å². The van der Waals surface area contributed by atoms with E-state index in [1.807, 2.05) is 24.3 Å². The average molecular weight is 268 g/mol. The Morgan fingerprint density at radius 3 is 2.95 bits per heavy atom. The van der Waals surface area contributed by atoms with Crippen molar-refractivity contribution in [1.82, 2.24) is 10.1 Å². The van der Waals surface area contributed by atoms with Crippen molar-refractivity contribution < 1.29 is 14.1 Å². The van der Waals surface area contributed by atoms with Crippen LogP contribution in [0.4, 0.5) is 0 Å². The lowest BCUT2D eigenvalue weighted by Crippen LogP contribution is -2.03. The maximum Gasteiger partial charge on any atom is 0.343 e. The molecule has 0 bridgehead atoms. The summed E-state index contributed by atoms with van der Waals surface area (Å²) in [4.78, 5) is 16.0. The van der Waals surface area contributed by atoms with Gasteiger partial charge in [0, 0.05) is 23.3 Å². The Labute approximate surface area is 115 Å². The van der Waals surface area contributed by atoms with Gasteiger partial charge in [-0.1, -0.05) is 23.4 Å². The van der Waals surface area contributed by atoms with E-state index in [1.165, 1.54) is 7.11 Å². The highest BCUT2D eigenvalue weighted by Crippen LogP contribution is 2.31. The van der Waals surface area contributed by atoms with Crippen LogP contribution in [0.1, 0.15) is 16.1 Å². The molecule has 0 radical (unpaired) electrons. The third-order valence-corrected chi connectivity index (χ3v) is 3.19. The van der Waals surface area contributed by atoms with E-state index >= 15 is 0 Å². The highest BCUT2D eigenvalue weighted by Gasteiger charge is 2.23. The summed E-state index contributed by atoms with van der Waals surface area (Å²) in [6.07, 6.45) is 3.47. The first-order valence-corrected chi connectivity index (χ1v) is 6.10. The molecule has 0 aliphatic carbocycles. The Balaban J connectivity index is 2.29. The largest absolute Gasteiger partial charge is 0.465 e. The molecule has 0 saturated carbocycles. The monoisotopic (exact) mass is 268 g/mol. The van der Waals surface area contributed by atoms with Gasteiger partial charge in [0.05, 0.1) is 7.11 Å². The summed E-state index contributed by atoms with van der Waals surface area (Å²) in [6, 6.07) is 7.63. The smallest absolute Gasteiger partial charge is 0.343 e. The van der Waals surface area contributed by atoms with E-state index < -0.39 is 5.97 Å². The summed E-state index contributed by atoms with van der Waals surface area (Å²) in [6.45, 7) is 1.69. The van der Waals surface area contributed by atoms with Crippen molar-refractivity contribution in [3.05, 3.63) is 48.0 Å². The van der Waals surface area contributed by atoms with Gasteiger partial charge in [-0.05, 0) is 18.4 Å². The number of esters is 1. The highest BCUT2D eigenvalue weighted by atomic mass is 16.5. The van der Waals surface area contributed by atoms with Crippen LogP contribution in [0.25, 0.3) is 22.0 Å². The number of aryl methyl sites for hydroxylation is 1. The molecule has 0 fully saturated rings. The molecule has 5 heteroatoms. The third kappa shape index (κ3) is 1.84. The first-order chi connectivity index (χ1) is 9.72. The predicted octanol–water partition coefficient (Wildman–Crippen LogP) is 2.98. The molecule has 1 aromatic carbocycles. The molecule has 0 atom stereocenters. The molecule has 100 valence electrons. The summed E-state index contributed by atoms with van der Waals surface area (Å²) in [7, 11) is 1.34. The summed E-state index contributed by atoms with van der Waals surface area (Å²) < 4.78 is 9.95. The van der Waals surface area contributed by atoms with E-state index in [1.54, 1.807) is 19.3 Å². The minimum atomic E-state index is -0.454. The SMILES string of the molecule is COC(=O)c1c(-c2cccc3cnccc23)noc1C. The molecule has 0 N–H and O–H groups in total. The number of pyridine rings is 1. The van der Waals surface area contributed by atoms with Crippen molar-refractivity contribution in [2.45, 2.75) is 6.92 Å². The molecule has 3 rings (SSSR count). The van der Waals surface area contributed by atoms with Crippen LogP contribution < -0.4 is 0 Å². The molecular formula is C15H12N2O3. The van der Waals surface area contributed by atoms with E-state index in [-0.39, 0.29) is 0 Å². The summed E-state index contributed by atoms with van der Waals surface area (Å²) in [5, 5.41) is 5.94. The van der Waals surface area contributed by atoms with Crippen LogP contribution in [0.15, 0.2) is 41.2 Å². The van der Waals surface area contributed by atoms with Crippen LogP contribution >= 0.6 is 0 Å². The number of carbonyl (C=O) groups excluding carboxylic acids is 1. The van der Waals surface area contributed by atoms with Crippen LogP contribution in [-0.2, 0) is 4.74 Å². The van der Waals surface area contributed by atoms with E-state index in [4.69, 9.17) is 9.26 Å². The minimum absolute atomic E-state index is 0.358. The lowest BCUT2D eigenvalue weighted by atomic mass is 10.0. The first kappa shape index (κ1) is 12.3. The van der Waals surface area contributed by atoms with Crippen LogP contribution in [0.2, 0.25) is 0 Å². The molecule has 0 unspecified atom stereocenters. The standard InChI is InChI=1S/C15H12N2O3/c1-9-13(15(18)19-2)14(17-20-9)12-5-3-4-10-8-16-7-6-11(10)12/h3-8H,1-2H3. The molecule has 0 spiro atoms. The number of benzene rings is 1. The molecule has 20 heavy (non-hydrogen) atoms. The van der Waals surface area contributed by atoms with Crippen LogP contribution in [0, 0.1) is 6.92 Å². The second-order valence-electron chi connectivity index (χ2n) is 4.36. The van der Waals surface area contributed by atoms with Crippen molar-refractivity contribution in [3.63, 3.8) is 0 Å². The van der Waals surface area contributed by atoms with Gasteiger partial charge in [0.25, 0.3) is 0 Å². The summed E-state index contributed by atoms with van der Waals surface area (Å²) >= 11 is 0. The third-order valence-electron chi connectivity index (χ3n) is 3.19. The fourth-order valence-corrected chi connectivity index (χ4v) is 2.23. The molecule has 2 heterocycles. The fourth-order valence-electron chi connectivity index (χ4n) is 2.23. The van der Waals surface area contributed by atoms with Gasteiger partial charge in [-0.25, -0.2) is 4.79 Å². The van der Waals surface area contributed by atoms with E-state index in [0.717, 1.165) is 16.3 Å². The maximum atomic E-state index is 11.9. The van der Waals surface area contributed by atoms with E-state index in [9.17, 15) is 4.79 Å². The molecule has 0 amide bonds. The van der Waals surface area contributed by atoms with Crippen molar-refractivity contribution in [3.8, 4) is 11.3 Å². The molecular weight excluding hydrogens is 256 g/mol. The van der Waals surface area contributed by atoms with Crippen molar-refractivity contribution in [2.24, 2.45) is 0 Å². The molecule has 5 nitrogen and oxygen atoms in total. The summed E-state index contributed by atoms with van der Waals surface area (Å²) in [5.41, 5.74) is 1.67. The van der Waals surface area contributed by atoms with Gasteiger partial charge in [-0.2, -0.15) is 0 Å². The van der Waals surface area contributed by atoms with Crippen molar-refractivity contribution in [1.29, 1.82) is 0 Å². The molecule has 2 aromatic heterocycles. The second kappa shape index (κ2) is 4.77. The lowest BCUT2D eigenvalue weighted by Gasteiger charge is -2.05. The van der Waals surface area contributed by atoms with Gasteiger partial charge in [-0.15, -0.1) is 0 Å². The quantitative estimate of drug-likeness (QED) is 0.668. The fraction of sp³-hybridized carbons (Fsp3) is 0.133. The Kier molecular flexibility index (Phi) is 2.95. The highest BCUT2D eigenvalue weighted by molar-refractivity contribution is 6.03. The number of aromatic nitrogens is 2. The van der Waals surface area contributed by atoms with Crippen LogP contribution in [-0.4, -0.2) is 23.2 Å². The average Bonchev–Trinajstić information content (AvgIpc) is 2.87. The maximum absolute atomic E-state index is 11.9. The number of methoxy groups -OCH3 is 1. The number of hydrogen-bond acceptors (Lipinski definition) is 5. The minimum Gasteiger partial charge on any atom is -0.465 e. The normalized spacial score (nSPS) is 10.7. The number of nitrogens with zero attached hydrogens (tertiary/aromatic N) is 2. The van der Waals surface area contributed by atoms with E-state index in [2.05, 4.69) is 10.1 Å². The van der Waals surface area contributed by atoms with E-state index in [0.29, 0.717) is 17.0 Å². The zero-order valence-corrected chi connectivity index (χ0v) is 11.1. The predicted molar refractivity (Wildman–Crippen MR) is 73.3 cm³/mol. The number of hydrogen-bond donors (Lipinski definition) is 0. The Bertz CT molecular complexity index is 787. The van der Waals surface area contributed by atoms with Gasteiger partial charge in [-0.3, -0.25) is 4.98 Å². The zero-order chi connectivity index (χ0) is 14.1. The van der Waals surface area contributed by atoms with Crippen molar-refractivity contribution >= 4 is 16.7 Å². The van der Waals surface area contributed by atoms with Crippen LogP contribution in [0.3, 0.4) is 0 Å². The molecule has 3 aromatic rings. The number of fused-ring (bicyclic) bond motifs is 1. The number of ether oxygens (including phenoxy) is 1. The van der Waals surface area contributed by atoms with Gasteiger partial charge in [0.15, 0.2) is 0 Å². The summed E-state index contributed by atoms with van der Waals surface area (Å²) in [5.74, 6) is -0.0114. The number of rotatable bonds is 2. The van der Waals surface area contributed by atoms with Gasteiger partial charge >= 0.3 is 5.97 Å². The van der Waals surface area contributed by atoms with Crippen LogP contribution in [0.5, 0.6) is 0 Å². The van der Waals surface area contributed by atoms with Gasteiger partial charge < -0.3 is 9.26 Å². The Morgan fingerprint density at radius 1 is 1.30 bits per heavy atom. The van der Waals surface area contributed by atoms with Crippen molar-refractivity contribution in [2.75, 3.05) is 7.11 Å². The first-order valence-electron chi connectivity index (χ1n) is 6.10. The molecule has 0 aliphatic rings. The zero-order valence-electron chi connectivity index (χ0n) is 11.1. The Hall–Kier alpha value is -2.69. The Morgan fingerprint density at radius 2 is 2.15 bits per heavy atom. The molecule has 0 aliphatic heterocycles.